The Morgan fingerprint density at radius 3 is 2.65 bits per heavy atom. The summed E-state index contributed by atoms with van der Waals surface area (Å²) in [5.41, 5.74) is 5.88. The van der Waals surface area contributed by atoms with Gasteiger partial charge in [0, 0.05) is 12.2 Å². The van der Waals surface area contributed by atoms with Crippen LogP contribution >= 0.6 is 11.6 Å². The van der Waals surface area contributed by atoms with Gasteiger partial charge in [-0.15, -0.1) is 0 Å². The van der Waals surface area contributed by atoms with E-state index in [0.29, 0.717) is 0 Å². The quantitative estimate of drug-likeness (QED) is 0.645. The zero-order valence-electron chi connectivity index (χ0n) is 10.7. The molecule has 0 spiro atoms. The van der Waals surface area contributed by atoms with Gasteiger partial charge >= 0.3 is 12.1 Å². The van der Waals surface area contributed by atoms with Crippen LogP contribution in [0.4, 0.5) is 24.5 Å². The summed E-state index contributed by atoms with van der Waals surface area (Å²) in [6.45, 7) is 1.34. The highest BCUT2D eigenvalue weighted by Gasteiger charge is 2.27. The molecule has 4 nitrogen and oxygen atoms in total. The Hall–Kier alpha value is -1.63. The highest BCUT2D eigenvalue weighted by atomic mass is 35.5. The van der Waals surface area contributed by atoms with E-state index in [4.69, 9.17) is 22.1 Å². The maximum atomic E-state index is 12.1. The van der Waals surface area contributed by atoms with Crippen molar-refractivity contribution in [2.45, 2.75) is 19.5 Å². The molecule has 0 amide bonds. The molecule has 8 heteroatoms. The van der Waals surface area contributed by atoms with Crippen LogP contribution in [0.25, 0.3) is 0 Å². The highest BCUT2D eigenvalue weighted by molar-refractivity contribution is 6.34. The van der Waals surface area contributed by atoms with Gasteiger partial charge in [0.15, 0.2) is 0 Å². The van der Waals surface area contributed by atoms with Gasteiger partial charge in [0.05, 0.1) is 29.3 Å². The minimum atomic E-state index is -4.29. The second kappa shape index (κ2) is 6.69. The molecule has 0 fully saturated rings. The summed E-state index contributed by atoms with van der Waals surface area (Å²) < 4.78 is 41.2. The minimum Gasteiger partial charge on any atom is -0.462 e. The van der Waals surface area contributed by atoms with Gasteiger partial charge in [-0.05, 0) is 19.1 Å². The van der Waals surface area contributed by atoms with Gasteiger partial charge in [-0.25, -0.2) is 4.79 Å². The average molecular weight is 311 g/mol. The van der Waals surface area contributed by atoms with Gasteiger partial charge in [-0.1, -0.05) is 11.6 Å². The van der Waals surface area contributed by atoms with Crippen LogP contribution in [-0.2, 0) is 4.74 Å². The predicted octanol–water partition coefficient (Wildman–Crippen LogP) is 3.46. The van der Waals surface area contributed by atoms with Crippen LogP contribution in [0.5, 0.6) is 0 Å². The fourth-order valence-electron chi connectivity index (χ4n) is 1.51. The molecule has 112 valence electrons. The molecule has 3 N–H and O–H groups in total. The van der Waals surface area contributed by atoms with E-state index in [0.717, 1.165) is 0 Å². The standard InChI is InChI=1S/C12H14ClF3N2O2/c1-2-20-11(19)8-5-7(17)6-9(13)10(8)18-4-3-12(14,15)16/h5-6,18H,2-4,17H2,1H3. The summed E-state index contributed by atoms with van der Waals surface area (Å²) in [5, 5.41) is 2.56. The van der Waals surface area contributed by atoms with Crippen LogP contribution in [0, 0.1) is 0 Å². The third-order valence-electron chi connectivity index (χ3n) is 2.32. The van der Waals surface area contributed by atoms with Crippen molar-refractivity contribution >= 4 is 28.9 Å². The van der Waals surface area contributed by atoms with Crippen LogP contribution in [0.2, 0.25) is 5.02 Å². The van der Waals surface area contributed by atoms with Crippen molar-refractivity contribution in [3.8, 4) is 0 Å². The Morgan fingerprint density at radius 2 is 2.10 bits per heavy atom. The Morgan fingerprint density at radius 1 is 1.45 bits per heavy atom. The van der Waals surface area contributed by atoms with Crippen LogP contribution < -0.4 is 11.1 Å². The van der Waals surface area contributed by atoms with E-state index < -0.39 is 25.1 Å². The molecule has 20 heavy (non-hydrogen) atoms. The Labute approximate surface area is 119 Å². The monoisotopic (exact) mass is 310 g/mol. The molecule has 0 radical (unpaired) electrons. The second-order valence-corrected chi connectivity index (χ2v) is 4.34. The number of nitrogens with one attached hydrogen (secondary N) is 1. The van der Waals surface area contributed by atoms with Crippen molar-refractivity contribution in [1.82, 2.24) is 0 Å². The number of nitrogens with two attached hydrogens (primary N) is 1. The summed E-state index contributed by atoms with van der Waals surface area (Å²) >= 11 is 5.90. The zero-order chi connectivity index (χ0) is 15.3. The molecule has 0 saturated carbocycles. The molecule has 0 aromatic heterocycles. The third-order valence-corrected chi connectivity index (χ3v) is 2.62. The van der Waals surface area contributed by atoms with E-state index in [1.807, 2.05) is 0 Å². The first-order valence-corrected chi connectivity index (χ1v) is 6.19. The molecule has 0 aliphatic carbocycles. The van der Waals surface area contributed by atoms with Crippen molar-refractivity contribution in [3.05, 3.63) is 22.7 Å². The zero-order valence-corrected chi connectivity index (χ0v) is 11.4. The van der Waals surface area contributed by atoms with E-state index in [1.165, 1.54) is 12.1 Å². The summed E-state index contributed by atoms with van der Waals surface area (Å²) in [6.07, 6.45) is -5.34. The number of nitrogen functional groups attached to an aromatic ring is 1. The topological polar surface area (TPSA) is 64.3 Å². The van der Waals surface area contributed by atoms with Gasteiger partial charge in [0.1, 0.15) is 0 Å². The number of hydrogen-bond donors (Lipinski definition) is 2. The SMILES string of the molecule is CCOC(=O)c1cc(N)cc(Cl)c1NCCC(F)(F)F. The number of esters is 1. The van der Waals surface area contributed by atoms with Crippen LogP contribution in [0.3, 0.4) is 0 Å². The molecule has 0 atom stereocenters. The van der Waals surface area contributed by atoms with Gasteiger partial charge in [-0.2, -0.15) is 13.2 Å². The summed E-state index contributed by atoms with van der Waals surface area (Å²) in [7, 11) is 0. The normalized spacial score (nSPS) is 11.2. The Balaban J connectivity index is 2.95. The maximum Gasteiger partial charge on any atom is 0.390 e. The molecule has 0 unspecified atom stereocenters. The number of carbonyl (C=O) groups is 1. The number of anilines is 2. The van der Waals surface area contributed by atoms with Crippen molar-refractivity contribution in [3.63, 3.8) is 0 Å². The molecule has 0 saturated heterocycles. The number of halogens is 4. The van der Waals surface area contributed by atoms with Gasteiger partial charge in [-0.3, -0.25) is 0 Å². The molecule has 1 aromatic carbocycles. The van der Waals surface area contributed by atoms with E-state index >= 15 is 0 Å². The summed E-state index contributed by atoms with van der Waals surface area (Å²) in [4.78, 5) is 11.7. The number of carbonyl (C=O) groups excluding carboxylic acids is 1. The molecule has 0 aliphatic heterocycles. The number of ether oxygens (including phenoxy) is 1. The van der Waals surface area contributed by atoms with Crippen molar-refractivity contribution < 1.29 is 22.7 Å². The molecular formula is C12H14ClF3N2O2. The first-order valence-electron chi connectivity index (χ1n) is 5.81. The number of rotatable bonds is 5. The van der Waals surface area contributed by atoms with E-state index in [-0.39, 0.29) is 28.6 Å². The van der Waals surface area contributed by atoms with Crippen LogP contribution in [0.15, 0.2) is 12.1 Å². The lowest BCUT2D eigenvalue weighted by Gasteiger charge is -2.14. The first kappa shape index (κ1) is 16.4. The van der Waals surface area contributed by atoms with E-state index in [2.05, 4.69) is 5.32 Å². The van der Waals surface area contributed by atoms with Gasteiger partial charge in [0.2, 0.25) is 0 Å². The molecule has 0 bridgehead atoms. The van der Waals surface area contributed by atoms with E-state index in [1.54, 1.807) is 6.92 Å². The maximum absolute atomic E-state index is 12.1. The second-order valence-electron chi connectivity index (χ2n) is 3.94. The van der Waals surface area contributed by atoms with Crippen LogP contribution in [-0.4, -0.2) is 25.3 Å². The smallest absolute Gasteiger partial charge is 0.390 e. The van der Waals surface area contributed by atoms with E-state index in [9.17, 15) is 18.0 Å². The minimum absolute atomic E-state index is 0.0130. The number of benzene rings is 1. The number of hydrogen-bond acceptors (Lipinski definition) is 4. The summed E-state index contributed by atoms with van der Waals surface area (Å²) in [5.74, 6) is -0.698. The lowest BCUT2D eigenvalue weighted by Crippen LogP contribution is -2.17. The largest absolute Gasteiger partial charge is 0.462 e. The molecule has 0 aliphatic rings. The molecule has 1 rings (SSSR count). The van der Waals surface area contributed by atoms with Crippen molar-refractivity contribution in [1.29, 1.82) is 0 Å². The lowest BCUT2D eigenvalue weighted by atomic mass is 10.1. The molecule has 1 aromatic rings. The van der Waals surface area contributed by atoms with Crippen molar-refractivity contribution in [2.75, 3.05) is 24.2 Å². The first-order chi connectivity index (χ1) is 9.24. The fourth-order valence-corrected chi connectivity index (χ4v) is 1.80. The lowest BCUT2D eigenvalue weighted by molar-refractivity contribution is -0.131. The van der Waals surface area contributed by atoms with Crippen LogP contribution in [0.1, 0.15) is 23.7 Å². The predicted molar refractivity (Wildman–Crippen MR) is 71.0 cm³/mol. The molecule has 0 heterocycles. The Kier molecular flexibility index (Phi) is 5.50. The van der Waals surface area contributed by atoms with Crippen molar-refractivity contribution in [2.24, 2.45) is 0 Å². The Bertz CT molecular complexity index is 492. The summed E-state index contributed by atoms with van der Waals surface area (Å²) in [6, 6.07) is 2.65. The number of alkyl halides is 3. The molecular weight excluding hydrogens is 297 g/mol. The highest BCUT2D eigenvalue weighted by Crippen LogP contribution is 2.30. The third kappa shape index (κ3) is 4.80. The van der Waals surface area contributed by atoms with Gasteiger partial charge in [0.25, 0.3) is 0 Å². The van der Waals surface area contributed by atoms with Gasteiger partial charge < -0.3 is 15.8 Å². The fraction of sp³-hybridized carbons (Fsp3) is 0.417. The average Bonchev–Trinajstić information content (AvgIpc) is 2.30.